The third kappa shape index (κ3) is 3.55. The first-order chi connectivity index (χ1) is 9.56. The molecule has 1 N–H and O–H groups in total. The van der Waals surface area contributed by atoms with Gasteiger partial charge in [0.15, 0.2) is 0 Å². The van der Waals surface area contributed by atoms with E-state index in [0.717, 1.165) is 0 Å². The SMILES string of the molecule is C#CCCC1(CC(=O)NCc2cccc(F)c2Cl)N=N1. The molecule has 1 aliphatic rings. The van der Waals surface area contributed by atoms with Crippen molar-refractivity contribution in [3.8, 4) is 12.3 Å². The fourth-order valence-electron chi connectivity index (χ4n) is 1.80. The number of hydrogen-bond acceptors (Lipinski definition) is 3. The highest BCUT2D eigenvalue weighted by Gasteiger charge is 2.41. The molecule has 1 aromatic carbocycles. The fourth-order valence-corrected chi connectivity index (χ4v) is 1.99. The van der Waals surface area contributed by atoms with Gasteiger partial charge in [-0.25, -0.2) is 4.39 Å². The summed E-state index contributed by atoms with van der Waals surface area (Å²) in [6, 6.07) is 4.47. The molecule has 0 atom stereocenters. The van der Waals surface area contributed by atoms with Gasteiger partial charge in [-0.05, 0) is 11.6 Å². The largest absolute Gasteiger partial charge is 0.352 e. The van der Waals surface area contributed by atoms with Crippen molar-refractivity contribution in [3.63, 3.8) is 0 Å². The minimum atomic E-state index is -0.651. The minimum absolute atomic E-state index is 0.0237. The van der Waals surface area contributed by atoms with Crippen LogP contribution in [0, 0.1) is 18.2 Å². The van der Waals surface area contributed by atoms with E-state index in [-0.39, 0.29) is 23.9 Å². The normalized spacial score (nSPS) is 14.7. The number of rotatable bonds is 6. The van der Waals surface area contributed by atoms with Crippen molar-refractivity contribution in [2.24, 2.45) is 10.2 Å². The van der Waals surface area contributed by atoms with Crippen LogP contribution in [0.4, 0.5) is 4.39 Å². The monoisotopic (exact) mass is 293 g/mol. The van der Waals surface area contributed by atoms with E-state index in [1.807, 2.05) is 0 Å². The van der Waals surface area contributed by atoms with E-state index in [1.165, 1.54) is 6.07 Å². The van der Waals surface area contributed by atoms with Gasteiger partial charge < -0.3 is 5.32 Å². The van der Waals surface area contributed by atoms with Gasteiger partial charge >= 0.3 is 0 Å². The Balaban J connectivity index is 1.84. The number of nitrogens with zero attached hydrogens (tertiary/aromatic N) is 2. The van der Waals surface area contributed by atoms with Crippen LogP contribution in [0.2, 0.25) is 5.02 Å². The van der Waals surface area contributed by atoms with Crippen molar-refractivity contribution in [2.75, 3.05) is 0 Å². The summed E-state index contributed by atoms with van der Waals surface area (Å²) in [5, 5.41) is 10.5. The summed E-state index contributed by atoms with van der Waals surface area (Å²) >= 11 is 5.81. The van der Waals surface area contributed by atoms with E-state index < -0.39 is 11.5 Å². The van der Waals surface area contributed by atoms with Crippen LogP contribution in [0.3, 0.4) is 0 Å². The lowest BCUT2D eigenvalue weighted by molar-refractivity contribution is -0.121. The first-order valence-electron chi connectivity index (χ1n) is 6.13. The maximum atomic E-state index is 13.2. The van der Waals surface area contributed by atoms with Crippen molar-refractivity contribution in [1.82, 2.24) is 5.32 Å². The van der Waals surface area contributed by atoms with Gasteiger partial charge in [-0.1, -0.05) is 23.7 Å². The Bertz CT molecular complexity index is 589. The van der Waals surface area contributed by atoms with Crippen molar-refractivity contribution in [3.05, 3.63) is 34.6 Å². The summed E-state index contributed by atoms with van der Waals surface area (Å²) in [6.45, 7) is 0.167. The zero-order valence-corrected chi connectivity index (χ0v) is 11.5. The predicted octanol–water partition coefficient (Wildman–Crippen LogP) is 3.06. The molecule has 0 saturated carbocycles. The molecule has 0 fully saturated rings. The zero-order chi connectivity index (χ0) is 14.6. The highest BCUT2D eigenvalue weighted by molar-refractivity contribution is 6.31. The molecule has 2 rings (SSSR count). The smallest absolute Gasteiger partial charge is 0.224 e. The Morgan fingerprint density at radius 2 is 2.25 bits per heavy atom. The average molecular weight is 294 g/mol. The van der Waals surface area contributed by atoms with Gasteiger partial charge in [-0.2, -0.15) is 10.2 Å². The van der Waals surface area contributed by atoms with Gasteiger partial charge in [0.2, 0.25) is 11.6 Å². The first kappa shape index (κ1) is 14.5. The second kappa shape index (κ2) is 6.02. The molecule has 0 aromatic heterocycles. The van der Waals surface area contributed by atoms with Gasteiger partial charge in [-0.15, -0.1) is 12.3 Å². The van der Waals surface area contributed by atoms with E-state index in [0.29, 0.717) is 18.4 Å². The molecule has 1 aliphatic heterocycles. The van der Waals surface area contributed by atoms with E-state index in [2.05, 4.69) is 21.5 Å². The van der Waals surface area contributed by atoms with Gasteiger partial charge in [0.25, 0.3) is 0 Å². The predicted molar refractivity (Wildman–Crippen MR) is 73.5 cm³/mol. The molecule has 0 aliphatic carbocycles. The molecule has 1 heterocycles. The van der Waals surface area contributed by atoms with E-state index in [1.54, 1.807) is 12.1 Å². The lowest BCUT2D eigenvalue weighted by Crippen LogP contribution is -2.28. The van der Waals surface area contributed by atoms with Gasteiger partial charge in [0, 0.05) is 19.4 Å². The van der Waals surface area contributed by atoms with E-state index in [9.17, 15) is 9.18 Å². The highest BCUT2D eigenvalue weighted by Crippen LogP contribution is 2.36. The van der Waals surface area contributed by atoms with Crippen LogP contribution in [0.25, 0.3) is 0 Å². The summed E-state index contributed by atoms with van der Waals surface area (Å²) in [5.41, 5.74) is -0.121. The van der Waals surface area contributed by atoms with Crippen LogP contribution < -0.4 is 5.32 Å². The third-order valence-corrected chi connectivity index (χ3v) is 3.43. The average Bonchev–Trinajstić information content (AvgIpc) is 3.18. The van der Waals surface area contributed by atoms with E-state index in [4.69, 9.17) is 18.0 Å². The highest BCUT2D eigenvalue weighted by atomic mass is 35.5. The summed E-state index contributed by atoms with van der Waals surface area (Å²) in [4.78, 5) is 11.8. The summed E-state index contributed by atoms with van der Waals surface area (Å²) in [7, 11) is 0. The fraction of sp³-hybridized carbons (Fsp3) is 0.357. The van der Waals surface area contributed by atoms with Crippen molar-refractivity contribution >= 4 is 17.5 Å². The van der Waals surface area contributed by atoms with E-state index >= 15 is 0 Å². The Hall–Kier alpha value is -1.93. The number of amides is 1. The first-order valence-corrected chi connectivity index (χ1v) is 6.51. The Kier molecular flexibility index (Phi) is 4.35. The molecular weight excluding hydrogens is 281 g/mol. The minimum Gasteiger partial charge on any atom is -0.352 e. The molecule has 0 spiro atoms. The quantitative estimate of drug-likeness (QED) is 0.805. The second-order valence-corrected chi connectivity index (χ2v) is 4.93. The molecule has 0 bridgehead atoms. The van der Waals surface area contributed by atoms with Gasteiger partial charge in [-0.3, -0.25) is 4.79 Å². The summed E-state index contributed by atoms with van der Waals surface area (Å²) < 4.78 is 13.2. The molecule has 1 amide bonds. The zero-order valence-electron chi connectivity index (χ0n) is 10.7. The number of carbonyl (C=O) groups is 1. The molecule has 0 saturated heterocycles. The molecular formula is C14H13ClFN3O. The standard InChI is InChI=1S/C14H13ClFN3O/c1-2-3-7-14(18-19-14)8-12(20)17-9-10-5-4-6-11(16)13(10)15/h1,4-6H,3,7-9H2,(H,17,20). The Morgan fingerprint density at radius 3 is 2.90 bits per heavy atom. The number of nitrogens with one attached hydrogen (secondary N) is 1. The van der Waals surface area contributed by atoms with Gasteiger partial charge in [0.05, 0.1) is 11.4 Å². The van der Waals surface area contributed by atoms with Crippen LogP contribution in [0.5, 0.6) is 0 Å². The number of hydrogen-bond donors (Lipinski definition) is 1. The molecule has 0 unspecified atom stereocenters. The van der Waals surface area contributed by atoms with Crippen molar-refractivity contribution in [2.45, 2.75) is 31.5 Å². The van der Waals surface area contributed by atoms with Crippen LogP contribution >= 0.6 is 11.6 Å². The summed E-state index contributed by atoms with van der Waals surface area (Å²) in [6.07, 6.45) is 6.42. The van der Waals surface area contributed by atoms with Gasteiger partial charge in [0.1, 0.15) is 5.82 Å². The third-order valence-electron chi connectivity index (χ3n) is 3.00. The maximum absolute atomic E-state index is 13.2. The van der Waals surface area contributed by atoms with Crippen molar-refractivity contribution in [1.29, 1.82) is 0 Å². The number of terminal acetylenes is 1. The van der Waals surface area contributed by atoms with Crippen molar-refractivity contribution < 1.29 is 9.18 Å². The Morgan fingerprint density at radius 1 is 1.50 bits per heavy atom. The van der Waals surface area contributed by atoms with Crippen LogP contribution in [-0.2, 0) is 11.3 Å². The molecule has 4 nitrogen and oxygen atoms in total. The van der Waals surface area contributed by atoms with Crippen LogP contribution in [0.1, 0.15) is 24.8 Å². The lowest BCUT2D eigenvalue weighted by Gasteiger charge is -2.10. The molecule has 6 heteroatoms. The second-order valence-electron chi connectivity index (χ2n) is 4.55. The van der Waals surface area contributed by atoms with Crippen LogP contribution in [-0.4, -0.2) is 11.6 Å². The lowest BCUT2D eigenvalue weighted by atomic mass is 10.0. The number of carbonyl (C=O) groups excluding carboxylic acids is 1. The number of benzene rings is 1. The molecule has 0 radical (unpaired) electrons. The number of halogens is 2. The molecule has 20 heavy (non-hydrogen) atoms. The maximum Gasteiger partial charge on any atom is 0.224 e. The Labute approximate surface area is 121 Å². The molecule has 1 aromatic rings. The molecule has 104 valence electrons. The topological polar surface area (TPSA) is 53.8 Å². The van der Waals surface area contributed by atoms with Crippen LogP contribution in [0.15, 0.2) is 28.4 Å². The summed E-state index contributed by atoms with van der Waals surface area (Å²) in [5.74, 6) is 1.78.